The van der Waals surface area contributed by atoms with Gasteiger partial charge in [0.1, 0.15) is 59.6 Å². The first kappa shape index (κ1) is 46.9. The minimum atomic E-state index is -1.22. The van der Waals surface area contributed by atoms with Crippen LogP contribution in [0, 0.1) is 0 Å². The molecule has 0 radical (unpaired) electrons. The van der Waals surface area contributed by atoms with Crippen molar-refractivity contribution in [1.82, 2.24) is 19.6 Å². The van der Waals surface area contributed by atoms with Crippen LogP contribution in [0.15, 0.2) is 70.8 Å². The number of hydrogen-bond acceptors (Lipinski definition) is 20. The van der Waals surface area contributed by atoms with Gasteiger partial charge in [-0.15, -0.1) is 0 Å². The molecule has 22 nitrogen and oxygen atoms in total. The van der Waals surface area contributed by atoms with E-state index in [4.69, 9.17) is 29.2 Å². The highest BCUT2D eigenvalue weighted by Gasteiger charge is 2.28. The third-order valence-corrected chi connectivity index (χ3v) is 5.80. The third-order valence-electron chi connectivity index (χ3n) is 5.80. The Labute approximate surface area is 321 Å². The van der Waals surface area contributed by atoms with Gasteiger partial charge >= 0.3 is 35.8 Å². The lowest BCUT2D eigenvalue weighted by Gasteiger charge is -2.27. The summed E-state index contributed by atoms with van der Waals surface area (Å²) in [6.45, 7) is 4.63. The van der Waals surface area contributed by atoms with Gasteiger partial charge in [0.05, 0.1) is 26.3 Å². The normalized spacial score (nSPS) is 13.0. The molecule has 0 bridgehead atoms. The Balaban J connectivity index is 0. The van der Waals surface area contributed by atoms with Gasteiger partial charge in [0.25, 0.3) is 12.9 Å². The third kappa shape index (κ3) is 22.1. The predicted molar refractivity (Wildman–Crippen MR) is 182 cm³/mol. The molecule has 2 rings (SSSR count). The molecule has 0 aromatic carbocycles. The zero-order chi connectivity index (χ0) is 41.6. The van der Waals surface area contributed by atoms with Gasteiger partial charge in [0.2, 0.25) is 11.8 Å². The molecule has 56 heavy (non-hydrogen) atoms. The van der Waals surface area contributed by atoms with E-state index in [9.17, 15) is 38.4 Å². The highest BCUT2D eigenvalue weighted by atomic mass is 16.6. The fraction of sp³-hybridized carbons (Fsp3) is 0.412. The standard InChI is InChI=1S/C17H20N2O10.C17H16N2O8.2H2/c1-2-3-4-5-15(19(9-17(24)25)12-28-14-21)29-7-6-26-10-18(8-16(22)23)11-27-13-20;1-2-3-4-5-13(19-10-16(22)27-17(23)11-19)25-7-6-24-12-18-8-14(20)26-15(21)9-18;;/h13-14H,1,6-12H2,(H,22,23)(H,24,25);1,6-12H2;2*1H. The van der Waals surface area contributed by atoms with E-state index in [-0.39, 0.29) is 100 Å². The minimum Gasteiger partial charge on any atom is -0.480 e. The Hall–Kier alpha value is -7.08. The van der Waals surface area contributed by atoms with Crippen LogP contribution in [0.2, 0.25) is 0 Å². The number of esters is 4. The second-order valence-corrected chi connectivity index (χ2v) is 10.1. The molecule has 304 valence electrons. The van der Waals surface area contributed by atoms with E-state index in [1.165, 1.54) is 14.7 Å². The summed E-state index contributed by atoms with van der Waals surface area (Å²) >= 11 is 0. The van der Waals surface area contributed by atoms with Gasteiger partial charge in [0, 0.05) is 14.3 Å². The molecule has 0 unspecified atom stereocenters. The van der Waals surface area contributed by atoms with Crippen LogP contribution in [-0.2, 0) is 76.3 Å². The zero-order valence-electron chi connectivity index (χ0n) is 29.7. The van der Waals surface area contributed by atoms with E-state index in [1.807, 2.05) is 0 Å². The van der Waals surface area contributed by atoms with Crippen molar-refractivity contribution in [3.8, 4) is 0 Å². The molecule has 2 aliphatic rings. The number of cyclic esters (lactones) is 4. The topological polar surface area (TPSA) is 264 Å². The number of hydrogen-bond donors (Lipinski definition) is 2. The molecule has 0 aliphatic carbocycles. The van der Waals surface area contributed by atoms with E-state index in [0.717, 1.165) is 4.90 Å². The van der Waals surface area contributed by atoms with Crippen LogP contribution < -0.4 is 0 Å². The molecule has 22 heteroatoms. The molecule has 2 aliphatic heterocycles. The van der Waals surface area contributed by atoms with Crippen LogP contribution >= 0.6 is 0 Å². The Morgan fingerprint density at radius 1 is 0.714 bits per heavy atom. The molecule has 0 amide bonds. The van der Waals surface area contributed by atoms with Gasteiger partial charge in [0.15, 0.2) is 6.73 Å². The maximum atomic E-state index is 11.4. The molecular formula is C34H40N4O18. The van der Waals surface area contributed by atoms with Gasteiger partial charge in [-0.2, -0.15) is 0 Å². The fourth-order valence-corrected chi connectivity index (χ4v) is 3.77. The number of carboxylic acid groups (broad SMARTS) is 2. The van der Waals surface area contributed by atoms with Gasteiger partial charge in [-0.05, 0) is 36.1 Å². The predicted octanol–water partition coefficient (Wildman–Crippen LogP) is -1.57. The van der Waals surface area contributed by atoms with Crippen molar-refractivity contribution < 1.29 is 89.3 Å². The summed E-state index contributed by atoms with van der Waals surface area (Å²) in [5.41, 5.74) is 19.4. The number of morpholine rings is 2. The Morgan fingerprint density at radius 3 is 1.82 bits per heavy atom. The summed E-state index contributed by atoms with van der Waals surface area (Å²) in [6.07, 6.45) is 0. The summed E-state index contributed by atoms with van der Waals surface area (Å²) in [4.78, 5) is 92.4. The highest BCUT2D eigenvalue weighted by Crippen LogP contribution is 2.10. The van der Waals surface area contributed by atoms with E-state index in [2.05, 4.69) is 78.0 Å². The van der Waals surface area contributed by atoms with Crippen LogP contribution in [0.5, 0.6) is 0 Å². The molecule has 0 saturated carbocycles. The molecule has 0 aromatic heterocycles. The lowest BCUT2D eigenvalue weighted by atomic mass is 10.4. The van der Waals surface area contributed by atoms with Crippen molar-refractivity contribution in [3.05, 3.63) is 70.8 Å². The van der Waals surface area contributed by atoms with Crippen LogP contribution in [-0.4, -0.2) is 171 Å². The second-order valence-electron chi connectivity index (χ2n) is 10.1. The van der Waals surface area contributed by atoms with Crippen molar-refractivity contribution in [1.29, 1.82) is 0 Å². The first-order valence-electron chi connectivity index (χ1n) is 15.6. The quantitative estimate of drug-likeness (QED) is 0.0163. The maximum Gasteiger partial charge on any atom is 0.333 e. The molecule has 2 saturated heterocycles. The molecule has 2 heterocycles. The van der Waals surface area contributed by atoms with Crippen LogP contribution in [0.25, 0.3) is 0 Å². The Kier molecular flexibility index (Phi) is 23.8. The summed E-state index contributed by atoms with van der Waals surface area (Å²) < 4.78 is 39.3. The number of ether oxygens (including phenoxy) is 8. The number of carbonyl (C=O) groups is 8. The molecule has 2 fully saturated rings. The van der Waals surface area contributed by atoms with Gasteiger partial charge in [-0.1, -0.05) is 11.5 Å². The largest absolute Gasteiger partial charge is 0.480 e. The molecule has 2 N–H and O–H groups in total. The van der Waals surface area contributed by atoms with Gasteiger partial charge < -0.3 is 53.0 Å². The smallest absolute Gasteiger partial charge is 0.333 e. The number of aliphatic carboxylic acids is 2. The van der Waals surface area contributed by atoms with E-state index < -0.39 is 55.6 Å². The fourth-order valence-electron chi connectivity index (χ4n) is 3.77. The molecule has 0 spiro atoms. The first-order valence-corrected chi connectivity index (χ1v) is 15.6. The van der Waals surface area contributed by atoms with Crippen LogP contribution in [0.1, 0.15) is 2.85 Å². The number of carbonyl (C=O) groups excluding carboxylic acids is 6. The van der Waals surface area contributed by atoms with Crippen molar-refractivity contribution in [2.24, 2.45) is 0 Å². The first-order chi connectivity index (χ1) is 26.9. The number of carboxylic acids is 2. The average molecular weight is 793 g/mol. The van der Waals surface area contributed by atoms with Gasteiger partial charge in [-0.3, -0.25) is 38.6 Å². The Bertz CT molecular complexity index is 1740. The van der Waals surface area contributed by atoms with Crippen LogP contribution in [0.4, 0.5) is 0 Å². The maximum absolute atomic E-state index is 11.4. The van der Waals surface area contributed by atoms with E-state index in [1.54, 1.807) is 0 Å². The van der Waals surface area contributed by atoms with Crippen molar-refractivity contribution >= 4 is 48.8 Å². The lowest BCUT2D eigenvalue weighted by Crippen LogP contribution is -2.44. The van der Waals surface area contributed by atoms with E-state index in [0.29, 0.717) is 0 Å². The summed E-state index contributed by atoms with van der Waals surface area (Å²) in [6, 6.07) is 0. The number of nitrogens with zero attached hydrogens (tertiary/aromatic N) is 4. The average Bonchev–Trinajstić information content (AvgIpc) is 3.13. The number of rotatable bonds is 24. The monoisotopic (exact) mass is 792 g/mol. The van der Waals surface area contributed by atoms with Crippen LogP contribution in [0.3, 0.4) is 0 Å². The highest BCUT2D eigenvalue weighted by molar-refractivity contribution is 5.90. The zero-order valence-corrected chi connectivity index (χ0v) is 29.7. The Morgan fingerprint density at radius 2 is 1.25 bits per heavy atom. The lowest BCUT2D eigenvalue weighted by molar-refractivity contribution is -0.171. The van der Waals surface area contributed by atoms with Gasteiger partial charge in [-0.25, -0.2) is 14.5 Å². The second kappa shape index (κ2) is 28.4. The molecule has 0 atom stereocenters. The summed E-state index contributed by atoms with van der Waals surface area (Å²) in [5, 5.41) is 17.7. The van der Waals surface area contributed by atoms with Crippen molar-refractivity contribution in [3.63, 3.8) is 0 Å². The minimum absolute atomic E-state index is 0. The molecule has 0 aromatic rings. The van der Waals surface area contributed by atoms with E-state index >= 15 is 0 Å². The van der Waals surface area contributed by atoms with Crippen molar-refractivity contribution in [2.45, 2.75) is 0 Å². The SMILES string of the molecule is C=C=C=C=C=C(OCCOCN(COC=O)CC(=O)O)N(COC=O)CC(=O)O.C=C=C=C=C=C(OCCOCN1CC(=O)OC(=O)C1)N1CC(=O)OC(=O)C1.[HH].[HH]. The molecular weight excluding hydrogens is 752 g/mol. The summed E-state index contributed by atoms with van der Waals surface area (Å²) in [7, 11) is 0. The summed E-state index contributed by atoms with van der Waals surface area (Å²) in [5.74, 6) is -5.12. The van der Waals surface area contributed by atoms with Crippen molar-refractivity contribution in [2.75, 3.05) is 92.6 Å².